The van der Waals surface area contributed by atoms with E-state index >= 15 is 0 Å². The van der Waals surface area contributed by atoms with Crippen LogP contribution in [0.25, 0.3) is 0 Å². The third-order valence-corrected chi connectivity index (χ3v) is 10.7. The second-order valence-corrected chi connectivity index (χ2v) is 15.8. The molecule has 7 unspecified atom stereocenters. The van der Waals surface area contributed by atoms with E-state index in [2.05, 4.69) is 55.6 Å². The minimum absolute atomic E-state index is 0.144. The zero-order chi connectivity index (χ0) is 40.2. The molecule has 9 nitrogen and oxygen atoms in total. The van der Waals surface area contributed by atoms with Crippen LogP contribution in [0.4, 0.5) is 0 Å². The average molecular weight is 780 g/mol. The standard InChI is InChI=1S/C46H85NO8/c1-3-5-7-9-11-13-15-16-17-18-19-20-21-22-23-24-26-28-30-32-34-36-42(50)47-39(38-54-46-45(53)44(52)43(51)41(37-48)55-46)40(49)35-33-31-29-27-25-14-12-10-8-6-4-2/h15-16,18-19,21-22,39-41,43-46,48-49,51-53H,3-14,17,20,23-38H2,1-2H3,(H,47,50)/b16-15-,19-18-,22-21-. The van der Waals surface area contributed by atoms with E-state index in [0.29, 0.717) is 12.8 Å². The molecule has 1 amide bonds. The Morgan fingerprint density at radius 2 is 1.07 bits per heavy atom. The van der Waals surface area contributed by atoms with Gasteiger partial charge in [0, 0.05) is 6.42 Å². The van der Waals surface area contributed by atoms with Crippen LogP contribution in [0.15, 0.2) is 36.5 Å². The van der Waals surface area contributed by atoms with Crippen molar-refractivity contribution in [3.05, 3.63) is 36.5 Å². The monoisotopic (exact) mass is 780 g/mol. The molecule has 1 heterocycles. The lowest BCUT2D eigenvalue weighted by molar-refractivity contribution is -0.302. The number of hydrogen-bond acceptors (Lipinski definition) is 8. The Balaban J connectivity index is 2.32. The molecule has 0 aromatic rings. The molecule has 0 aromatic carbocycles. The molecule has 7 atom stereocenters. The van der Waals surface area contributed by atoms with Gasteiger partial charge in [0.15, 0.2) is 6.29 Å². The molecule has 1 rings (SSSR count). The number of aliphatic hydroxyl groups excluding tert-OH is 5. The van der Waals surface area contributed by atoms with Crippen molar-refractivity contribution in [2.45, 2.75) is 236 Å². The van der Waals surface area contributed by atoms with E-state index in [0.717, 1.165) is 64.2 Å². The van der Waals surface area contributed by atoms with Crippen LogP contribution in [0.2, 0.25) is 0 Å². The molecule has 0 bridgehead atoms. The molecule has 1 saturated heterocycles. The van der Waals surface area contributed by atoms with Gasteiger partial charge in [-0.15, -0.1) is 0 Å². The first-order valence-corrected chi connectivity index (χ1v) is 22.7. The molecule has 322 valence electrons. The van der Waals surface area contributed by atoms with Gasteiger partial charge in [-0.05, 0) is 51.4 Å². The smallest absolute Gasteiger partial charge is 0.220 e. The summed E-state index contributed by atoms with van der Waals surface area (Å²) in [5.41, 5.74) is 0. The lowest BCUT2D eigenvalue weighted by Gasteiger charge is -2.40. The molecular weight excluding hydrogens is 695 g/mol. The van der Waals surface area contributed by atoms with Crippen LogP contribution in [0.3, 0.4) is 0 Å². The maximum Gasteiger partial charge on any atom is 0.220 e. The number of aliphatic hydroxyl groups is 5. The van der Waals surface area contributed by atoms with E-state index in [1.807, 2.05) is 0 Å². The molecule has 0 radical (unpaired) electrons. The number of nitrogens with one attached hydrogen (secondary N) is 1. The fourth-order valence-corrected chi connectivity index (χ4v) is 7.05. The molecule has 1 aliphatic rings. The molecule has 0 aromatic heterocycles. The third-order valence-electron chi connectivity index (χ3n) is 10.7. The summed E-state index contributed by atoms with van der Waals surface area (Å²) < 4.78 is 11.2. The zero-order valence-corrected chi connectivity index (χ0v) is 35.2. The van der Waals surface area contributed by atoms with Crippen LogP contribution in [0.5, 0.6) is 0 Å². The number of carbonyl (C=O) groups is 1. The van der Waals surface area contributed by atoms with Crippen molar-refractivity contribution in [2.24, 2.45) is 0 Å². The van der Waals surface area contributed by atoms with Gasteiger partial charge in [-0.3, -0.25) is 4.79 Å². The van der Waals surface area contributed by atoms with Gasteiger partial charge >= 0.3 is 0 Å². The summed E-state index contributed by atoms with van der Waals surface area (Å²) in [7, 11) is 0. The number of allylic oxidation sites excluding steroid dienone is 6. The summed E-state index contributed by atoms with van der Waals surface area (Å²) in [5.74, 6) is -0.159. The maximum absolute atomic E-state index is 12.9. The minimum atomic E-state index is -1.55. The quantitative estimate of drug-likeness (QED) is 0.0270. The van der Waals surface area contributed by atoms with Crippen molar-refractivity contribution in [2.75, 3.05) is 13.2 Å². The molecule has 0 aliphatic carbocycles. The summed E-state index contributed by atoms with van der Waals surface area (Å²) in [6, 6.07) is -0.724. The summed E-state index contributed by atoms with van der Waals surface area (Å²) in [4.78, 5) is 12.9. The molecule has 0 spiro atoms. The second kappa shape index (κ2) is 36.7. The lowest BCUT2D eigenvalue weighted by atomic mass is 9.99. The summed E-state index contributed by atoms with van der Waals surface area (Å²) >= 11 is 0. The zero-order valence-electron chi connectivity index (χ0n) is 35.2. The first-order chi connectivity index (χ1) is 26.8. The van der Waals surface area contributed by atoms with Crippen LogP contribution in [0.1, 0.15) is 194 Å². The van der Waals surface area contributed by atoms with Crippen molar-refractivity contribution < 1.29 is 39.8 Å². The van der Waals surface area contributed by atoms with Crippen molar-refractivity contribution in [3.8, 4) is 0 Å². The topological polar surface area (TPSA) is 149 Å². The summed E-state index contributed by atoms with van der Waals surface area (Å²) in [5, 5.41) is 54.2. The molecule has 1 fully saturated rings. The van der Waals surface area contributed by atoms with E-state index in [4.69, 9.17) is 9.47 Å². The number of amides is 1. The normalized spacial score (nSPS) is 21.6. The molecule has 6 N–H and O–H groups in total. The highest BCUT2D eigenvalue weighted by atomic mass is 16.7. The van der Waals surface area contributed by atoms with Crippen LogP contribution < -0.4 is 5.32 Å². The number of ether oxygens (including phenoxy) is 2. The van der Waals surface area contributed by atoms with Crippen LogP contribution in [0, 0.1) is 0 Å². The number of hydrogen-bond donors (Lipinski definition) is 6. The lowest BCUT2D eigenvalue weighted by Crippen LogP contribution is -2.60. The van der Waals surface area contributed by atoms with Gasteiger partial charge in [-0.2, -0.15) is 0 Å². The third kappa shape index (κ3) is 27.6. The first-order valence-electron chi connectivity index (χ1n) is 22.7. The highest BCUT2D eigenvalue weighted by molar-refractivity contribution is 5.76. The highest BCUT2D eigenvalue weighted by Gasteiger charge is 2.44. The van der Waals surface area contributed by atoms with Crippen molar-refractivity contribution in [3.63, 3.8) is 0 Å². The van der Waals surface area contributed by atoms with Gasteiger partial charge in [-0.25, -0.2) is 0 Å². The predicted octanol–water partition coefficient (Wildman–Crippen LogP) is 9.28. The minimum Gasteiger partial charge on any atom is -0.394 e. The van der Waals surface area contributed by atoms with Gasteiger partial charge in [0.25, 0.3) is 0 Å². The molecule has 9 heteroatoms. The van der Waals surface area contributed by atoms with Crippen LogP contribution in [-0.2, 0) is 14.3 Å². The van der Waals surface area contributed by atoms with Crippen molar-refractivity contribution in [1.29, 1.82) is 0 Å². The Kier molecular flexibility index (Phi) is 34.3. The molecule has 55 heavy (non-hydrogen) atoms. The van der Waals surface area contributed by atoms with Crippen LogP contribution in [-0.4, -0.2) is 87.5 Å². The van der Waals surface area contributed by atoms with E-state index in [-0.39, 0.29) is 12.5 Å². The Bertz CT molecular complexity index is 956. The van der Waals surface area contributed by atoms with Gasteiger partial charge < -0.3 is 40.3 Å². The number of rotatable bonds is 37. The molecule has 1 aliphatic heterocycles. The Labute approximate surface area is 336 Å². The second-order valence-electron chi connectivity index (χ2n) is 15.8. The number of unbranched alkanes of at least 4 members (excludes halogenated alkanes) is 21. The van der Waals surface area contributed by atoms with Gasteiger partial charge in [0.2, 0.25) is 5.91 Å². The fraction of sp³-hybridized carbons (Fsp3) is 0.848. The Morgan fingerprint density at radius 3 is 1.58 bits per heavy atom. The largest absolute Gasteiger partial charge is 0.394 e. The Morgan fingerprint density at radius 1 is 0.618 bits per heavy atom. The molecule has 0 saturated carbocycles. The van der Waals surface area contributed by atoms with E-state index in [1.54, 1.807) is 0 Å². The average Bonchev–Trinajstić information content (AvgIpc) is 3.18. The fourth-order valence-electron chi connectivity index (χ4n) is 7.05. The SMILES string of the molecule is CCCCCCC/C=C\C/C=C\C/C=C\CCCCCCCCC(=O)NC(COC1OC(CO)C(O)C(O)C1O)C(O)CCCCCCCCCCCCC. The van der Waals surface area contributed by atoms with Gasteiger partial charge in [0.05, 0.1) is 25.4 Å². The summed E-state index contributed by atoms with van der Waals surface area (Å²) in [6.45, 7) is 3.79. The van der Waals surface area contributed by atoms with Crippen molar-refractivity contribution in [1.82, 2.24) is 5.32 Å². The Hall–Kier alpha value is -1.59. The van der Waals surface area contributed by atoms with E-state index in [1.165, 1.54) is 103 Å². The van der Waals surface area contributed by atoms with Crippen molar-refractivity contribution >= 4 is 5.91 Å². The first kappa shape index (κ1) is 51.4. The van der Waals surface area contributed by atoms with E-state index in [9.17, 15) is 30.3 Å². The number of carbonyl (C=O) groups excluding carboxylic acids is 1. The van der Waals surface area contributed by atoms with E-state index < -0.39 is 49.5 Å². The molecular formula is C46H85NO8. The highest BCUT2D eigenvalue weighted by Crippen LogP contribution is 2.23. The van der Waals surface area contributed by atoms with Gasteiger partial charge in [0.1, 0.15) is 24.4 Å². The van der Waals surface area contributed by atoms with Gasteiger partial charge in [-0.1, -0.05) is 172 Å². The predicted molar refractivity (Wildman–Crippen MR) is 226 cm³/mol. The summed E-state index contributed by atoms with van der Waals surface area (Å²) in [6.07, 6.45) is 37.2. The van der Waals surface area contributed by atoms with Crippen LogP contribution >= 0.6 is 0 Å². The maximum atomic E-state index is 12.9.